The van der Waals surface area contributed by atoms with Crippen LogP contribution in [0.3, 0.4) is 0 Å². The van der Waals surface area contributed by atoms with Gasteiger partial charge in [0.15, 0.2) is 0 Å². The summed E-state index contributed by atoms with van der Waals surface area (Å²) in [6, 6.07) is 7.76. The molecular formula is C25H33N5O2. The third-order valence-electron chi connectivity index (χ3n) is 7.69. The van der Waals surface area contributed by atoms with Crippen molar-refractivity contribution in [3.05, 3.63) is 35.8 Å². The summed E-state index contributed by atoms with van der Waals surface area (Å²) in [5.41, 5.74) is 1.79. The van der Waals surface area contributed by atoms with E-state index >= 15 is 0 Å². The minimum atomic E-state index is -0.129. The van der Waals surface area contributed by atoms with Crippen molar-refractivity contribution in [3.8, 4) is 0 Å². The smallest absolute Gasteiger partial charge is 0.315 e. The molecule has 170 valence electrons. The molecule has 0 spiro atoms. The van der Waals surface area contributed by atoms with Crippen LogP contribution in [0, 0.1) is 24.7 Å². The Hall–Kier alpha value is -2.70. The zero-order chi connectivity index (χ0) is 22.3. The molecule has 1 aromatic heterocycles. The summed E-state index contributed by atoms with van der Waals surface area (Å²) in [6.45, 7) is 2.64. The second kappa shape index (κ2) is 8.34. The van der Waals surface area contributed by atoms with Crippen molar-refractivity contribution in [2.24, 2.45) is 17.8 Å². The molecule has 4 fully saturated rings. The highest BCUT2D eigenvalue weighted by atomic mass is 16.2. The molecule has 0 saturated heterocycles. The highest BCUT2D eigenvalue weighted by molar-refractivity contribution is 5.81. The van der Waals surface area contributed by atoms with Crippen molar-refractivity contribution >= 4 is 22.8 Å². The summed E-state index contributed by atoms with van der Waals surface area (Å²) < 4.78 is 0. The topological polar surface area (TPSA) is 87.2 Å². The van der Waals surface area contributed by atoms with Crippen LogP contribution < -0.4 is 10.6 Å². The summed E-state index contributed by atoms with van der Waals surface area (Å²) >= 11 is 0. The molecule has 4 saturated carbocycles. The first kappa shape index (κ1) is 21.2. The molecule has 6 rings (SSSR count). The van der Waals surface area contributed by atoms with E-state index in [0.717, 1.165) is 53.6 Å². The van der Waals surface area contributed by atoms with Crippen LogP contribution in [0.4, 0.5) is 4.79 Å². The van der Waals surface area contributed by atoms with Crippen molar-refractivity contribution < 1.29 is 9.59 Å². The van der Waals surface area contributed by atoms with Gasteiger partial charge in [-0.15, -0.1) is 0 Å². The van der Waals surface area contributed by atoms with Gasteiger partial charge in [0.25, 0.3) is 0 Å². The average Bonchev–Trinajstić information content (AvgIpc) is 2.72. The molecule has 7 heteroatoms. The van der Waals surface area contributed by atoms with Crippen molar-refractivity contribution in [2.45, 2.75) is 64.0 Å². The number of nitrogens with one attached hydrogen (secondary N) is 2. The van der Waals surface area contributed by atoms with Crippen molar-refractivity contribution in [3.63, 3.8) is 0 Å². The first-order valence-electron chi connectivity index (χ1n) is 11.9. The lowest BCUT2D eigenvalue weighted by Crippen LogP contribution is -2.61. The van der Waals surface area contributed by atoms with Gasteiger partial charge in [0.05, 0.1) is 12.1 Å². The number of para-hydroxylation sites is 1. The molecule has 1 heterocycles. The van der Waals surface area contributed by atoms with Crippen LogP contribution in [0.25, 0.3) is 10.9 Å². The zero-order valence-electron chi connectivity index (χ0n) is 19.1. The fourth-order valence-corrected chi connectivity index (χ4v) is 6.69. The molecule has 0 atom stereocenters. The molecule has 7 nitrogen and oxygen atoms in total. The molecule has 0 unspecified atom stereocenters. The Balaban J connectivity index is 1.10. The number of hydrogen-bond acceptors (Lipinski definition) is 4. The number of aromatic nitrogens is 2. The number of carbonyl (C=O) groups excluding carboxylic acids is 2. The Morgan fingerprint density at radius 3 is 2.41 bits per heavy atom. The molecule has 2 aromatic rings. The van der Waals surface area contributed by atoms with Gasteiger partial charge >= 0.3 is 6.03 Å². The van der Waals surface area contributed by atoms with Gasteiger partial charge < -0.3 is 15.5 Å². The van der Waals surface area contributed by atoms with Gasteiger partial charge in [-0.25, -0.2) is 14.8 Å². The van der Waals surface area contributed by atoms with Gasteiger partial charge in [0, 0.05) is 36.6 Å². The lowest BCUT2D eigenvalue weighted by Gasteiger charge is -2.56. The maximum absolute atomic E-state index is 12.6. The molecular weight excluding hydrogens is 402 g/mol. The summed E-state index contributed by atoms with van der Waals surface area (Å²) in [7, 11) is 1.76. The second-order valence-electron chi connectivity index (χ2n) is 10.3. The van der Waals surface area contributed by atoms with Crippen LogP contribution in [-0.4, -0.2) is 45.9 Å². The number of fused-ring (bicyclic) bond motifs is 1. The number of carbonyl (C=O) groups is 2. The molecule has 1 aromatic carbocycles. The molecule has 4 bridgehead atoms. The van der Waals surface area contributed by atoms with Crippen LogP contribution in [0.1, 0.15) is 56.5 Å². The van der Waals surface area contributed by atoms with Crippen molar-refractivity contribution in [2.75, 3.05) is 13.6 Å². The molecule has 2 N–H and O–H groups in total. The van der Waals surface area contributed by atoms with E-state index in [9.17, 15) is 9.59 Å². The minimum Gasteiger partial charge on any atom is -0.338 e. The lowest BCUT2D eigenvalue weighted by molar-refractivity contribution is -0.130. The third-order valence-corrected chi connectivity index (χ3v) is 7.69. The van der Waals surface area contributed by atoms with E-state index in [-0.39, 0.29) is 23.9 Å². The van der Waals surface area contributed by atoms with Gasteiger partial charge in [-0.1, -0.05) is 18.2 Å². The van der Waals surface area contributed by atoms with E-state index in [1.54, 1.807) is 11.9 Å². The third kappa shape index (κ3) is 4.30. The van der Waals surface area contributed by atoms with E-state index in [4.69, 9.17) is 0 Å². The van der Waals surface area contributed by atoms with Crippen molar-refractivity contribution in [1.29, 1.82) is 0 Å². The summed E-state index contributed by atoms with van der Waals surface area (Å²) in [5, 5.41) is 7.23. The zero-order valence-corrected chi connectivity index (χ0v) is 19.1. The van der Waals surface area contributed by atoms with Crippen LogP contribution in [0.2, 0.25) is 0 Å². The fourth-order valence-electron chi connectivity index (χ4n) is 6.69. The predicted molar refractivity (Wildman–Crippen MR) is 123 cm³/mol. The van der Waals surface area contributed by atoms with Crippen molar-refractivity contribution in [1.82, 2.24) is 25.5 Å². The van der Waals surface area contributed by atoms with Crippen LogP contribution >= 0.6 is 0 Å². The number of urea groups is 1. The Labute approximate surface area is 189 Å². The Kier molecular flexibility index (Phi) is 5.51. The normalized spacial score (nSPS) is 28.0. The van der Waals surface area contributed by atoms with Gasteiger partial charge in [-0.05, 0) is 69.3 Å². The molecule has 0 aliphatic heterocycles. The molecule has 0 radical (unpaired) electrons. The molecule has 32 heavy (non-hydrogen) atoms. The number of rotatable bonds is 6. The Morgan fingerprint density at radius 1 is 1.06 bits per heavy atom. The van der Waals surface area contributed by atoms with E-state index in [2.05, 4.69) is 20.6 Å². The number of benzene rings is 1. The lowest BCUT2D eigenvalue weighted by atomic mass is 9.53. The van der Waals surface area contributed by atoms with Gasteiger partial charge in [-0.2, -0.15) is 0 Å². The summed E-state index contributed by atoms with van der Waals surface area (Å²) in [4.78, 5) is 35.9. The summed E-state index contributed by atoms with van der Waals surface area (Å²) in [6.07, 6.45) is 7.69. The molecule has 3 amide bonds. The SMILES string of the molecule is Cc1nc(CN(C)C(=O)CCNC(=O)NC23CC4CC(CC(C4)C2)C3)nc2ccccc12. The van der Waals surface area contributed by atoms with E-state index < -0.39 is 0 Å². The highest BCUT2D eigenvalue weighted by Crippen LogP contribution is 2.55. The maximum Gasteiger partial charge on any atom is 0.315 e. The van der Waals surface area contributed by atoms with E-state index in [1.165, 1.54) is 19.3 Å². The number of nitrogens with zero attached hydrogens (tertiary/aromatic N) is 3. The molecule has 4 aliphatic carbocycles. The number of aryl methyl sites for hydroxylation is 1. The Bertz CT molecular complexity index is 1000. The van der Waals surface area contributed by atoms with Crippen LogP contribution in [-0.2, 0) is 11.3 Å². The number of amides is 3. The maximum atomic E-state index is 12.6. The highest BCUT2D eigenvalue weighted by Gasteiger charge is 2.51. The van der Waals surface area contributed by atoms with E-state index in [1.807, 2.05) is 31.2 Å². The Morgan fingerprint density at radius 2 is 1.72 bits per heavy atom. The number of hydrogen-bond donors (Lipinski definition) is 2. The first-order valence-corrected chi connectivity index (χ1v) is 11.9. The summed E-state index contributed by atoms with van der Waals surface area (Å²) in [5.74, 6) is 2.97. The minimum absolute atomic E-state index is 0.00901. The van der Waals surface area contributed by atoms with Crippen LogP contribution in [0.5, 0.6) is 0 Å². The van der Waals surface area contributed by atoms with Crippen LogP contribution in [0.15, 0.2) is 24.3 Å². The quantitative estimate of drug-likeness (QED) is 0.726. The van der Waals surface area contributed by atoms with Gasteiger partial charge in [0.1, 0.15) is 5.82 Å². The fraction of sp³-hybridized carbons (Fsp3) is 0.600. The monoisotopic (exact) mass is 435 g/mol. The second-order valence-corrected chi connectivity index (χ2v) is 10.3. The van der Waals surface area contributed by atoms with Gasteiger partial charge in [0.2, 0.25) is 5.91 Å². The van der Waals surface area contributed by atoms with Gasteiger partial charge in [-0.3, -0.25) is 4.79 Å². The van der Waals surface area contributed by atoms with E-state index in [0.29, 0.717) is 18.9 Å². The standard InChI is InChI=1S/C25H33N5O2/c1-16-20-5-3-4-6-21(20)28-22(27-16)15-30(2)23(31)7-8-26-24(32)29-25-12-17-9-18(13-25)11-19(10-17)14-25/h3-6,17-19H,7-15H2,1-2H3,(H2,26,29,32). The average molecular weight is 436 g/mol. The first-order chi connectivity index (χ1) is 15.4. The molecule has 4 aliphatic rings. The largest absolute Gasteiger partial charge is 0.338 e. The predicted octanol–water partition coefficient (Wildman–Crippen LogP) is 3.55.